The number of amides is 1. The van der Waals surface area contributed by atoms with Gasteiger partial charge < -0.3 is 15.2 Å². The molecule has 1 amide bonds. The Morgan fingerprint density at radius 2 is 2.00 bits per heavy atom. The molecule has 0 bridgehead atoms. The summed E-state index contributed by atoms with van der Waals surface area (Å²) in [5.74, 6) is -0.819. The summed E-state index contributed by atoms with van der Waals surface area (Å²) in [7, 11) is 0. The summed E-state index contributed by atoms with van der Waals surface area (Å²) in [5.41, 5.74) is -0.512. The van der Waals surface area contributed by atoms with E-state index in [-0.39, 0.29) is 10.5 Å². The Morgan fingerprint density at radius 1 is 1.44 bits per heavy atom. The highest BCUT2D eigenvalue weighted by molar-refractivity contribution is 14.1. The number of carbonyl (C=O) groups excluding carboxylic acids is 1. The first kappa shape index (κ1) is 15.5. The van der Waals surface area contributed by atoms with Crippen LogP contribution in [0.2, 0.25) is 0 Å². The molecule has 2 N–H and O–H groups in total. The van der Waals surface area contributed by atoms with Gasteiger partial charge in [-0.3, -0.25) is 4.79 Å². The first-order valence-corrected chi connectivity index (χ1v) is 6.30. The summed E-state index contributed by atoms with van der Waals surface area (Å²) >= 11 is 2.05. The normalized spacial score (nSPS) is 13.0. The lowest BCUT2D eigenvalue weighted by Gasteiger charge is -2.21. The van der Waals surface area contributed by atoms with Crippen molar-refractivity contribution in [1.29, 1.82) is 0 Å². The van der Waals surface area contributed by atoms with E-state index in [9.17, 15) is 9.59 Å². The van der Waals surface area contributed by atoms with Crippen molar-refractivity contribution >= 4 is 34.7 Å². The largest absolute Gasteiger partial charge is 0.481 e. The number of alkyl carbamates (subject to hydrolysis) is 1. The predicted octanol–water partition coefficient (Wildman–Crippen LogP) is 2.53. The van der Waals surface area contributed by atoms with Gasteiger partial charge in [-0.2, -0.15) is 0 Å². The van der Waals surface area contributed by atoms with E-state index in [1.165, 1.54) is 0 Å². The fraction of sp³-hybridized carbons (Fsp3) is 0.800. The second kappa shape index (κ2) is 6.93. The van der Waals surface area contributed by atoms with Crippen molar-refractivity contribution in [3.8, 4) is 0 Å². The fourth-order valence-corrected chi connectivity index (χ4v) is 1.63. The molecule has 16 heavy (non-hydrogen) atoms. The highest BCUT2D eigenvalue weighted by atomic mass is 127. The third-order valence-corrected chi connectivity index (χ3v) is 2.46. The Morgan fingerprint density at radius 3 is 2.44 bits per heavy atom. The van der Waals surface area contributed by atoms with Crippen molar-refractivity contribution < 1.29 is 19.4 Å². The van der Waals surface area contributed by atoms with E-state index in [2.05, 4.69) is 27.9 Å². The molecule has 0 saturated carbocycles. The summed E-state index contributed by atoms with van der Waals surface area (Å²) in [5, 5.41) is 11.1. The van der Waals surface area contributed by atoms with Crippen molar-refractivity contribution in [3.05, 3.63) is 0 Å². The van der Waals surface area contributed by atoms with E-state index in [4.69, 9.17) is 9.84 Å². The Hall–Kier alpha value is -0.530. The van der Waals surface area contributed by atoms with E-state index in [1.54, 1.807) is 20.8 Å². The summed E-state index contributed by atoms with van der Waals surface area (Å²) in [4.78, 5) is 21.6. The number of alkyl halides is 1. The Balaban J connectivity index is 3.74. The molecule has 6 heteroatoms. The lowest BCUT2D eigenvalue weighted by Crippen LogP contribution is -2.36. The summed E-state index contributed by atoms with van der Waals surface area (Å²) in [6.45, 7) is 5.37. The van der Waals surface area contributed by atoms with Gasteiger partial charge in [-0.05, 0) is 33.6 Å². The van der Waals surface area contributed by atoms with Crippen LogP contribution in [-0.4, -0.2) is 26.8 Å². The zero-order valence-corrected chi connectivity index (χ0v) is 11.9. The third kappa shape index (κ3) is 10.0. The van der Waals surface area contributed by atoms with E-state index in [1.807, 2.05) is 0 Å². The molecule has 1 atom stereocenters. The van der Waals surface area contributed by atoms with Gasteiger partial charge in [0, 0.05) is 6.42 Å². The molecule has 0 aliphatic carbocycles. The number of aliphatic carboxylic acids is 1. The molecule has 0 aromatic heterocycles. The van der Waals surface area contributed by atoms with Crippen molar-refractivity contribution in [3.63, 3.8) is 0 Å². The number of hydrogen-bond donors (Lipinski definition) is 2. The lowest BCUT2D eigenvalue weighted by molar-refractivity contribution is -0.137. The van der Waals surface area contributed by atoms with Gasteiger partial charge >= 0.3 is 12.1 Å². The molecule has 0 radical (unpaired) electrons. The average molecular weight is 343 g/mol. The van der Waals surface area contributed by atoms with E-state index in [0.29, 0.717) is 12.8 Å². The van der Waals surface area contributed by atoms with Gasteiger partial charge in [0.15, 0.2) is 0 Å². The highest BCUT2D eigenvalue weighted by Gasteiger charge is 2.18. The maximum atomic E-state index is 11.3. The average Bonchev–Trinajstić information content (AvgIpc) is 1.98. The quantitative estimate of drug-likeness (QED) is 0.457. The van der Waals surface area contributed by atoms with Crippen LogP contribution in [0.25, 0.3) is 0 Å². The van der Waals surface area contributed by atoms with Crippen LogP contribution < -0.4 is 5.32 Å². The minimum atomic E-state index is -0.819. The Bertz CT molecular complexity index is 250. The van der Waals surface area contributed by atoms with E-state index >= 15 is 0 Å². The number of carboxylic acid groups (broad SMARTS) is 1. The minimum absolute atomic E-state index is 0.105. The smallest absolute Gasteiger partial charge is 0.408 e. The Kier molecular flexibility index (Phi) is 6.70. The molecule has 0 spiro atoms. The Labute approximate surface area is 109 Å². The maximum Gasteiger partial charge on any atom is 0.408 e. The fourth-order valence-electron chi connectivity index (χ4n) is 0.940. The predicted molar refractivity (Wildman–Crippen MR) is 68.7 cm³/mol. The number of nitrogens with one attached hydrogen (secondary N) is 1. The SMILES string of the molecule is CC(C)(C)OC(=O)N[C@H](I)CCCC(=O)O. The highest BCUT2D eigenvalue weighted by Crippen LogP contribution is 2.11. The summed E-state index contributed by atoms with van der Waals surface area (Å²) in [6, 6.07) is 0. The second-order valence-electron chi connectivity index (χ2n) is 4.40. The molecular formula is C10H18INO4. The minimum Gasteiger partial charge on any atom is -0.481 e. The molecular weight excluding hydrogens is 325 g/mol. The summed E-state index contributed by atoms with van der Waals surface area (Å²) < 4.78 is 4.96. The molecule has 94 valence electrons. The maximum absolute atomic E-state index is 11.3. The molecule has 0 saturated heterocycles. The van der Waals surface area contributed by atoms with Crippen LogP contribution in [-0.2, 0) is 9.53 Å². The second-order valence-corrected chi connectivity index (χ2v) is 5.90. The molecule has 0 aliphatic heterocycles. The zero-order valence-electron chi connectivity index (χ0n) is 9.75. The van der Waals surface area contributed by atoms with Gasteiger partial charge in [0.25, 0.3) is 0 Å². The van der Waals surface area contributed by atoms with Gasteiger partial charge in [-0.25, -0.2) is 4.79 Å². The zero-order chi connectivity index (χ0) is 12.8. The van der Waals surface area contributed by atoms with Gasteiger partial charge in [0.1, 0.15) is 5.60 Å². The topological polar surface area (TPSA) is 75.6 Å². The van der Waals surface area contributed by atoms with Crippen molar-refractivity contribution in [2.24, 2.45) is 0 Å². The molecule has 0 aromatic rings. The van der Waals surface area contributed by atoms with Crippen LogP contribution in [0.1, 0.15) is 40.0 Å². The van der Waals surface area contributed by atoms with Crippen molar-refractivity contribution in [2.45, 2.75) is 49.7 Å². The molecule has 0 rings (SSSR count). The number of carbonyl (C=O) groups is 2. The van der Waals surface area contributed by atoms with Gasteiger partial charge in [0.05, 0.1) is 4.05 Å². The van der Waals surface area contributed by atoms with Crippen LogP contribution in [0.4, 0.5) is 4.79 Å². The monoisotopic (exact) mass is 343 g/mol. The third-order valence-electron chi connectivity index (χ3n) is 1.52. The molecule has 0 aliphatic rings. The van der Waals surface area contributed by atoms with Crippen LogP contribution >= 0.6 is 22.6 Å². The molecule has 0 heterocycles. The molecule has 0 aromatic carbocycles. The van der Waals surface area contributed by atoms with E-state index in [0.717, 1.165) is 0 Å². The van der Waals surface area contributed by atoms with Gasteiger partial charge in [-0.1, -0.05) is 22.6 Å². The summed E-state index contributed by atoms with van der Waals surface area (Å²) in [6.07, 6.45) is 0.808. The number of halogens is 1. The first-order chi connectivity index (χ1) is 7.20. The van der Waals surface area contributed by atoms with Gasteiger partial charge in [0.2, 0.25) is 0 Å². The molecule has 5 nitrogen and oxygen atoms in total. The van der Waals surface area contributed by atoms with Crippen LogP contribution in [0, 0.1) is 0 Å². The molecule has 0 fully saturated rings. The number of rotatable bonds is 5. The standard InChI is InChI=1S/C10H18INO4/c1-10(2,3)16-9(15)12-7(11)5-4-6-8(13)14/h7H,4-6H2,1-3H3,(H,12,15)(H,13,14)/t7-/m0/s1. The van der Waals surface area contributed by atoms with Crippen LogP contribution in [0.3, 0.4) is 0 Å². The lowest BCUT2D eigenvalue weighted by atomic mass is 10.2. The first-order valence-electron chi connectivity index (χ1n) is 5.06. The van der Waals surface area contributed by atoms with Gasteiger partial charge in [-0.15, -0.1) is 0 Å². The van der Waals surface area contributed by atoms with Crippen molar-refractivity contribution in [1.82, 2.24) is 5.32 Å². The number of ether oxygens (including phenoxy) is 1. The number of carboxylic acids is 1. The molecule has 0 unspecified atom stereocenters. The number of hydrogen-bond acceptors (Lipinski definition) is 3. The van der Waals surface area contributed by atoms with Crippen LogP contribution in [0.5, 0.6) is 0 Å². The van der Waals surface area contributed by atoms with Crippen LogP contribution in [0.15, 0.2) is 0 Å². The van der Waals surface area contributed by atoms with E-state index < -0.39 is 17.7 Å². The van der Waals surface area contributed by atoms with Crippen molar-refractivity contribution in [2.75, 3.05) is 0 Å².